The SMILES string of the molecule is CC=CCC(C)C(OCSC)C1C(=O)NCCCCN(C)C(C(C)C)C(=O)N1C. The van der Waals surface area contributed by atoms with Gasteiger partial charge in [0.1, 0.15) is 6.04 Å². The molecule has 0 aromatic carbocycles. The van der Waals surface area contributed by atoms with Gasteiger partial charge in [-0.3, -0.25) is 14.5 Å². The number of likely N-dealkylation sites (N-methyl/N-ethyl adjacent to an activating group) is 2. The maximum absolute atomic E-state index is 13.5. The van der Waals surface area contributed by atoms with Gasteiger partial charge < -0.3 is 15.0 Å². The molecule has 7 heteroatoms. The van der Waals surface area contributed by atoms with Crippen molar-refractivity contribution in [3.05, 3.63) is 12.2 Å². The Kier molecular flexibility index (Phi) is 11.9. The van der Waals surface area contributed by atoms with Gasteiger partial charge in [-0.25, -0.2) is 0 Å². The molecular weight excluding hydrogens is 386 g/mol. The summed E-state index contributed by atoms with van der Waals surface area (Å²) in [4.78, 5) is 30.5. The number of nitrogens with zero attached hydrogens (tertiary/aromatic N) is 2. The Morgan fingerprint density at radius 1 is 1.21 bits per heavy atom. The Labute approximate surface area is 181 Å². The maximum atomic E-state index is 13.5. The van der Waals surface area contributed by atoms with E-state index in [2.05, 4.69) is 37.1 Å². The molecule has 0 aliphatic carbocycles. The molecule has 1 aliphatic rings. The Morgan fingerprint density at radius 2 is 1.90 bits per heavy atom. The number of hydrogen-bond donors (Lipinski definition) is 1. The molecule has 1 N–H and O–H groups in total. The standard InChI is InChI=1S/C22H41N3O3S/c1-8-9-12-17(4)20(28-15-29-7)19-21(26)23-13-10-11-14-24(5)18(16(2)3)22(27)25(19)6/h8-9,16-20H,10-15H2,1-7H3,(H,23,26). The molecule has 0 aromatic rings. The second-order valence-electron chi connectivity index (χ2n) is 8.38. The normalized spacial score (nSPS) is 25.2. The Morgan fingerprint density at radius 3 is 2.48 bits per heavy atom. The second kappa shape index (κ2) is 13.3. The van der Waals surface area contributed by atoms with Crippen LogP contribution in [0, 0.1) is 11.8 Å². The lowest BCUT2D eigenvalue weighted by atomic mass is 9.91. The highest BCUT2D eigenvalue weighted by molar-refractivity contribution is 7.98. The number of rotatable bonds is 8. The average molecular weight is 428 g/mol. The number of nitrogens with one attached hydrogen (secondary N) is 1. The van der Waals surface area contributed by atoms with Crippen LogP contribution in [0.3, 0.4) is 0 Å². The van der Waals surface area contributed by atoms with Crippen molar-refractivity contribution in [3.8, 4) is 0 Å². The molecule has 0 bridgehead atoms. The van der Waals surface area contributed by atoms with Gasteiger partial charge in [-0.15, -0.1) is 11.8 Å². The van der Waals surface area contributed by atoms with E-state index >= 15 is 0 Å². The molecule has 168 valence electrons. The fourth-order valence-electron chi connectivity index (χ4n) is 4.01. The van der Waals surface area contributed by atoms with E-state index in [0.717, 1.165) is 25.8 Å². The van der Waals surface area contributed by atoms with Crippen molar-refractivity contribution in [3.63, 3.8) is 0 Å². The molecule has 0 saturated carbocycles. The molecule has 1 saturated heterocycles. The Bertz CT molecular complexity index is 541. The van der Waals surface area contributed by atoms with Crippen molar-refractivity contribution in [2.24, 2.45) is 11.8 Å². The Hall–Kier alpha value is -1.05. The summed E-state index contributed by atoms with van der Waals surface area (Å²) in [6, 6.07) is -0.900. The summed E-state index contributed by atoms with van der Waals surface area (Å²) >= 11 is 1.58. The van der Waals surface area contributed by atoms with E-state index in [9.17, 15) is 9.59 Å². The van der Waals surface area contributed by atoms with Crippen molar-refractivity contribution in [2.45, 2.75) is 65.1 Å². The summed E-state index contributed by atoms with van der Waals surface area (Å²) in [5.74, 6) is 0.617. The van der Waals surface area contributed by atoms with E-state index in [1.54, 1.807) is 23.7 Å². The van der Waals surface area contributed by atoms with Gasteiger partial charge in [-0.05, 0) is 57.9 Å². The lowest BCUT2D eigenvalue weighted by Gasteiger charge is -2.39. The van der Waals surface area contributed by atoms with Gasteiger partial charge in [0.2, 0.25) is 11.8 Å². The minimum Gasteiger partial charge on any atom is -0.365 e. The van der Waals surface area contributed by atoms with Gasteiger partial charge in [0.15, 0.2) is 0 Å². The molecule has 1 heterocycles. The summed E-state index contributed by atoms with van der Waals surface area (Å²) < 4.78 is 6.16. The summed E-state index contributed by atoms with van der Waals surface area (Å²) in [7, 11) is 3.76. The number of hydrogen-bond acceptors (Lipinski definition) is 5. The number of carbonyl (C=O) groups is 2. The highest BCUT2D eigenvalue weighted by Gasteiger charge is 2.41. The van der Waals surface area contributed by atoms with Crippen LogP contribution in [0.5, 0.6) is 0 Å². The number of carbonyl (C=O) groups excluding carboxylic acids is 2. The zero-order valence-corrected chi connectivity index (χ0v) is 20.1. The van der Waals surface area contributed by atoms with Crippen LogP contribution in [0.1, 0.15) is 47.0 Å². The van der Waals surface area contributed by atoms with Gasteiger partial charge in [0.25, 0.3) is 0 Å². The van der Waals surface area contributed by atoms with Crippen LogP contribution < -0.4 is 5.32 Å². The van der Waals surface area contributed by atoms with Crippen molar-refractivity contribution in [1.82, 2.24) is 15.1 Å². The van der Waals surface area contributed by atoms with Crippen LogP contribution in [0.4, 0.5) is 0 Å². The summed E-state index contributed by atoms with van der Waals surface area (Å²) in [6.07, 6.45) is 8.36. The van der Waals surface area contributed by atoms with E-state index in [1.165, 1.54) is 0 Å². The fraction of sp³-hybridized carbons (Fsp3) is 0.818. The van der Waals surface area contributed by atoms with E-state index in [-0.39, 0.29) is 35.8 Å². The monoisotopic (exact) mass is 427 g/mol. The first-order valence-electron chi connectivity index (χ1n) is 10.7. The smallest absolute Gasteiger partial charge is 0.245 e. The third-order valence-electron chi connectivity index (χ3n) is 5.62. The van der Waals surface area contributed by atoms with Gasteiger partial charge in [-0.2, -0.15) is 0 Å². The van der Waals surface area contributed by atoms with E-state index in [4.69, 9.17) is 4.74 Å². The van der Waals surface area contributed by atoms with E-state index in [0.29, 0.717) is 12.5 Å². The van der Waals surface area contributed by atoms with Crippen molar-refractivity contribution < 1.29 is 14.3 Å². The predicted octanol–water partition coefficient (Wildman–Crippen LogP) is 2.99. The summed E-state index contributed by atoms with van der Waals surface area (Å²) in [5, 5.41) is 3.05. The topological polar surface area (TPSA) is 61.9 Å². The molecule has 1 aliphatic heterocycles. The van der Waals surface area contributed by atoms with Crippen LogP contribution in [-0.4, -0.2) is 79.2 Å². The minimum atomic E-state index is -0.650. The number of amides is 2. The highest BCUT2D eigenvalue weighted by atomic mass is 32.2. The zero-order valence-electron chi connectivity index (χ0n) is 19.3. The summed E-state index contributed by atoms with van der Waals surface area (Å²) in [5.41, 5.74) is 0. The number of ether oxygens (including phenoxy) is 1. The van der Waals surface area contributed by atoms with Crippen LogP contribution in [-0.2, 0) is 14.3 Å². The third kappa shape index (κ3) is 7.61. The third-order valence-corrected chi connectivity index (χ3v) is 6.00. The molecule has 2 amide bonds. The lowest BCUT2D eigenvalue weighted by molar-refractivity contribution is -0.150. The molecule has 0 aromatic heterocycles. The van der Waals surface area contributed by atoms with Crippen LogP contribution in [0.2, 0.25) is 0 Å². The predicted molar refractivity (Wildman–Crippen MR) is 122 cm³/mol. The molecule has 6 nitrogen and oxygen atoms in total. The van der Waals surface area contributed by atoms with Gasteiger partial charge in [0.05, 0.1) is 18.1 Å². The van der Waals surface area contributed by atoms with Crippen molar-refractivity contribution in [2.75, 3.05) is 39.4 Å². The molecule has 0 spiro atoms. The van der Waals surface area contributed by atoms with Gasteiger partial charge >= 0.3 is 0 Å². The Balaban J connectivity index is 3.31. The largest absolute Gasteiger partial charge is 0.365 e. The molecule has 29 heavy (non-hydrogen) atoms. The molecule has 4 unspecified atom stereocenters. The first-order chi connectivity index (χ1) is 13.8. The first-order valence-corrected chi connectivity index (χ1v) is 12.1. The molecular formula is C22H41N3O3S. The lowest BCUT2D eigenvalue weighted by Crippen LogP contribution is -2.60. The van der Waals surface area contributed by atoms with Crippen molar-refractivity contribution in [1.29, 1.82) is 0 Å². The van der Waals surface area contributed by atoms with Crippen molar-refractivity contribution >= 4 is 23.6 Å². The fourth-order valence-corrected chi connectivity index (χ4v) is 4.31. The highest BCUT2D eigenvalue weighted by Crippen LogP contribution is 2.24. The molecule has 4 atom stereocenters. The number of thioether (sulfide) groups is 1. The second-order valence-corrected chi connectivity index (χ2v) is 9.19. The zero-order chi connectivity index (χ0) is 22.0. The van der Waals surface area contributed by atoms with Crippen LogP contribution in [0.15, 0.2) is 12.2 Å². The van der Waals surface area contributed by atoms with Crippen LogP contribution >= 0.6 is 11.8 Å². The molecule has 0 radical (unpaired) electrons. The van der Waals surface area contributed by atoms with E-state index < -0.39 is 6.04 Å². The number of allylic oxidation sites excluding steroid dienone is 2. The van der Waals surface area contributed by atoms with Crippen LogP contribution in [0.25, 0.3) is 0 Å². The van der Waals surface area contributed by atoms with Gasteiger partial charge in [-0.1, -0.05) is 32.9 Å². The van der Waals surface area contributed by atoms with Gasteiger partial charge in [0, 0.05) is 13.6 Å². The average Bonchev–Trinajstić information content (AvgIpc) is 2.68. The molecule has 1 fully saturated rings. The first kappa shape index (κ1) is 26.0. The quantitative estimate of drug-likeness (QED) is 0.477. The summed E-state index contributed by atoms with van der Waals surface area (Å²) in [6.45, 7) is 9.68. The minimum absolute atomic E-state index is 0.0134. The van der Waals surface area contributed by atoms with E-state index in [1.807, 2.05) is 26.3 Å². The maximum Gasteiger partial charge on any atom is 0.245 e. The molecule has 1 rings (SSSR count).